The molecule has 11 heteroatoms. The summed E-state index contributed by atoms with van der Waals surface area (Å²) in [6.45, 7) is 2.44. The Bertz CT molecular complexity index is 826. The first-order chi connectivity index (χ1) is 11.7. The molecule has 1 aromatic carbocycles. The maximum Gasteiger partial charge on any atom is 0.341 e. The highest BCUT2D eigenvalue weighted by Gasteiger charge is 2.37. The van der Waals surface area contributed by atoms with Crippen LogP contribution in [0.5, 0.6) is 0 Å². The third-order valence-corrected chi connectivity index (χ3v) is 4.89. The van der Waals surface area contributed by atoms with E-state index in [0.717, 1.165) is 12.1 Å². The number of amides is 3. The van der Waals surface area contributed by atoms with Crippen LogP contribution in [0.4, 0.5) is 9.18 Å². The van der Waals surface area contributed by atoms with E-state index in [1.165, 1.54) is 13.0 Å². The number of nitrogens with zero attached hydrogens (tertiary/aromatic N) is 1. The number of ether oxygens (including phenoxy) is 1. The molecule has 3 amide bonds. The molecule has 1 heterocycles. The fourth-order valence-electron chi connectivity index (χ4n) is 2.15. The van der Waals surface area contributed by atoms with Crippen LogP contribution in [0, 0.1) is 5.82 Å². The second-order valence-corrected chi connectivity index (χ2v) is 6.79. The smallest absolute Gasteiger partial charge is 0.341 e. The van der Waals surface area contributed by atoms with Crippen LogP contribution < -0.4 is 10.0 Å². The number of hydrogen-bond donors (Lipinski definition) is 2. The van der Waals surface area contributed by atoms with Crippen molar-refractivity contribution in [1.82, 2.24) is 14.3 Å². The van der Waals surface area contributed by atoms with Crippen molar-refractivity contribution in [2.45, 2.75) is 19.9 Å². The Hall–Kier alpha value is -2.53. The Morgan fingerprint density at radius 3 is 2.68 bits per heavy atom. The minimum absolute atomic E-state index is 0.0583. The van der Waals surface area contributed by atoms with Crippen molar-refractivity contribution < 1.29 is 31.9 Å². The summed E-state index contributed by atoms with van der Waals surface area (Å²) >= 11 is 0. The molecule has 2 N–H and O–H groups in total. The van der Waals surface area contributed by atoms with Crippen molar-refractivity contribution >= 4 is 28.1 Å². The van der Waals surface area contributed by atoms with Crippen molar-refractivity contribution in [3.8, 4) is 0 Å². The number of carbonyl (C=O) groups excluding carboxylic acids is 3. The summed E-state index contributed by atoms with van der Waals surface area (Å²) in [5.41, 5.74) is -0.0570. The van der Waals surface area contributed by atoms with Crippen molar-refractivity contribution in [3.63, 3.8) is 0 Å². The van der Waals surface area contributed by atoms with E-state index in [1.807, 2.05) is 5.32 Å². The summed E-state index contributed by atoms with van der Waals surface area (Å²) in [7, 11) is -4.30. The van der Waals surface area contributed by atoms with Crippen LogP contribution in [0.3, 0.4) is 0 Å². The molecule has 136 valence electrons. The highest BCUT2D eigenvalue weighted by molar-refractivity contribution is 7.87. The van der Waals surface area contributed by atoms with Gasteiger partial charge in [0.1, 0.15) is 12.4 Å². The molecule has 0 radical (unpaired) electrons. The molecule has 0 aromatic heterocycles. The normalized spacial score (nSPS) is 15.9. The van der Waals surface area contributed by atoms with Crippen LogP contribution in [0.2, 0.25) is 0 Å². The van der Waals surface area contributed by atoms with E-state index in [9.17, 15) is 27.2 Å². The topological polar surface area (TPSA) is 122 Å². The van der Waals surface area contributed by atoms with Gasteiger partial charge in [0.25, 0.3) is 0 Å². The number of halogens is 1. The molecule has 1 atom stereocenters. The van der Waals surface area contributed by atoms with E-state index in [0.29, 0.717) is 4.31 Å². The van der Waals surface area contributed by atoms with Crippen molar-refractivity contribution in [1.29, 1.82) is 0 Å². The lowest BCUT2D eigenvalue weighted by atomic mass is 10.1. The average Bonchev–Trinajstić information content (AvgIpc) is 2.87. The molecule has 1 saturated heterocycles. The number of urea groups is 1. The lowest BCUT2D eigenvalue weighted by Gasteiger charge is -2.19. The van der Waals surface area contributed by atoms with Gasteiger partial charge in [-0.25, -0.2) is 14.0 Å². The number of benzene rings is 1. The molecule has 1 aliphatic rings. The standard InChI is InChI=1S/C14H16FN3O6S/c1-3-24-13(20)10-6-9(4-5-11(10)15)8(2)17-25(22,23)18-7-12(19)16-14(18)21/h4-6,8,17H,3,7H2,1-2H3,(H,16,19,21)/t8-/m1/s1. The summed E-state index contributed by atoms with van der Waals surface area (Å²) in [4.78, 5) is 34.3. The van der Waals surface area contributed by atoms with Crippen LogP contribution in [0.15, 0.2) is 18.2 Å². The Morgan fingerprint density at radius 2 is 2.12 bits per heavy atom. The van der Waals surface area contributed by atoms with Gasteiger partial charge in [-0.3, -0.25) is 10.1 Å². The molecule has 1 aliphatic heterocycles. The molecule has 1 fully saturated rings. The Balaban J connectivity index is 2.22. The highest BCUT2D eigenvalue weighted by atomic mass is 32.2. The third-order valence-electron chi connectivity index (χ3n) is 3.36. The minimum Gasteiger partial charge on any atom is -0.462 e. The van der Waals surface area contributed by atoms with Gasteiger partial charge in [-0.15, -0.1) is 0 Å². The van der Waals surface area contributed by atoms with Crippen LogP contribution in [-0.2, 0) is 19.7 Å². The summed E-state index contributed by atoms with van der Waals surface area (Å²) in [5.74, 6) is -2.42. The number of rotatable bonds is 6. The second kappa shape index (κ2) is 7.15. The van der Waals surface area contributed by atoms with E-state index < -0.39 is 46.5 Å². The van der Waals surface area contributed by atoms with Gasteiger partial charge < -0.3 is 4.74 Å². The van der Waals surface area contributed by atoms with Gasteiger partial charge >= 0.3 is 22.2 Å². The zero-order valence-corrected chi connectivity index (χ0v) is 14.2. The van der Waals surface area contributed by atoms with Crippen LogP contribution >= 0.6 is 0 Å². The molecular weight excluding hydrogens is 357 g/mol. The van der Waals surface area contributed by atoms with Crippen LogP contribution in [0.25, 0.3) is 0 Å². The third kappa shape index (κ3) is 4.12. The second-order valence-electron chi connectivity index (χ2n) is 5.16. The molecule has 25 heavy (non-hydrogen) atoms. The molecule has 1 aromatic rings. The van der Waals surface area contributed by atoms with E-state index in [2.05, 4.69) is 4.72 Å². The van der Waals surface area contributed by atoms with E-state index >= 15 is 0 Å². The fourth-order valence-corrected chi connectivity index (χ4v) is 3.41. The van der Waals surface area contributed by atoms with Crippen molar-refractivity contribution in [2.24, 2.45) is 0 Å². The van der Waals surface area contributed by atoms with Gasteiger partial charge in [0.15, 0.2) is 0 Å². The van der Waals surface area contributed by atoms with E-state index in [-0.39, 0.29) is 17.7 Å². The zero-order chi connectivity index (χ0) is 18.8. The summed E-state index contributed by atoms with van der Waals surface area (Å²) in [5, 5.41) is 1.85. The first-order valence-corrected chi connectivity index (χ1v) is 8.70. The van der Waals surface area contributed by atoms with Crippen LogP contribution in [0.1, 0.15) is 35.8 Å². The summed E-state index contributed by atoms with van der Waals surface area (Å²) in [6, 6.07) is 1.51. The minimum atomic E-state index is -4.30. The first kappa shape index (κ1) is 18.8. The predicted molar refractivity (Wildman–Crippen MR) is 83.1 cm³/mol. The van der Waals surface area contributed by atoms with Gasteiger partial charge in [0.2, 0.25) is 5.91 Å². The number of imide groups is 1. The number of hydrogen-bond acceptors (Lipinski definition) is 6. The van der Waals surface area contributed by atoms with Gasteiger partial charge in [-0.1, -0.05) is 6.07 Å². The van der Waals surface area contributed by atoms with Gasteiger partial charge in [-0.05, 0) is 31.5 Å². The number of carbonyl (C=O) groups is 3. The first-order valence-electron chi connectivity index (χ1n) is 7.26. The molecule has 0 aliphatic carbocycles. The summed E-state index contributed by atoms with van der Waals surface area (Å²) in [6.07, 6.45) is 0. The Kier molecular flexibility index (Phi) is 5.38. The lowest BCUT2D eigenvalue weighted by molar-refractivity contribution is -0.118. The maximum absolute atomic E-state index is 13.7. The lowest BCUT2D eigenvalue weighted by Crippen LogP contribution is -2.43. The monoisotopic (exact) mass is 373 g/mol. The van der Waals surface area contributed by atoms with Crippen LogP contribution in [-0.4, -0.2) is 43.8 Å². The Morgan fingerprint density at radius 1 is 1.44 bits per heavy atom. The van der Waals surface area contributed by atoms with Gasteiger partial charge in [-0.2, -0.15) is 17.4 Å². The molecule has 0 bridgehead atoms. The largest absolute Gasteiger partial charge is 0.462 e. The van der Waals surface area contributed by atoms with E-state index in [4.69, 9.17) is 4.74 Å². The molecule has 0 unspecified atom stereocenters. The van der Waals surface area contributed by atoms with Gasteiger partial charge in [0, 0.05) is 6.04 Å². The van der Waals surface area contributed by atoms with E-state index in [1.54, 1.807) is 6.92 Å². The molecule has 0 saturated carbocycles. The molecular formula is C14H16FN3O6S. The molecule has 0 spiro atoms. The highest BCUT2D eigenvalue weighted by Crippen LogP contribution is 2.20. The number of nitrogens with one attached hydrogen (secondary N) is 2. The molecule has 9 nitrogen and oxygen atoms in total. The number of esters is 1. The van der Waals surface area contributed by atoms with Gasteiger partial charge in [0.05, 0.1) is 12.2 Å². The SMILES string of the molecule is CCOC(=O)c1cc([C@@H](C)NS(=O)(=O)N2CC(=O)NC2=O)ccc1F. The van der Waals surface area contributed by atoms with Crippen molar-refractivity contribution in [2.75, 3.05) is 13.2 Å². The summed E-state index contributed by atoms with van der Waals surface area (Å²) < 4.78 is 45.4. The Labute approximate surface area is 143 Å². The quantitative estimate of drug-likeness (QED) is 0.551. The molecule has 2 rings (SSSR count). The fraction of sp³-hybridized carbons (Fsp3) is 0.357. The average molecular weight is 373 g/mol. The maximum atomic E-state index is 13.7. The zero-order valence-electron chi connectivity index (χ0n) is 13.4. The predicted octanol–water partition coefficient (Wildman–Crippen LogP) is 0.450. The van der Waals surface area contributed by atoms with Crippen molar-refractivity contribution in [3.05, 3.63) is 35.1 Å².